The van der Waals surface area contributed by atoms with E-state index in [4.69, 9.17) is 11.6 Å². The molecule has 2 heteroatoms. The topological polar surface area (TPSA) is 17.1 Å². The van der Waals surface area contributed by atoms with Gasteiger partial charge < -0.3 is 0 Å². The summed E-state index contributed by atoms with van der Waals surface area (Å²) in [5, 5.41) is 0.677. The van der Waals surface area contributed by atoms with Gasteiger partial charge in [0, 0.05) is 16.2 Å². The number of hydrogen-bond donors (Lipinski definition) is 0. The van der Waals surface area contributed by atoms with E-state index in [2.05, 4.69) is 0 Å². The maximum absolute atomic E-state index is 12.8. The highest BCUT2D eigenvalue weighted by Gasteiger charge is 2.22. The number of benzene rings is 3. The van der Waals surface area contributed by atoms with Crippen LogP contribution in [0.4, 0.5) is 0 Å². The van der Waals surface area contributed by atoms with Crippen LogP contribution in [0.15, 0.2) is 84.9 Å². The van der Waals surface area contributed by atoms with Gasteiger partial charge >= 0.3 is 0 Å². The molecule has 0 N–H and O–H groups in total. The zero-order valence-electron chi connectivity index (χ0n) is 13.4. The standard InChI is InChI=1S/C23H15ClO/c24-19-13-10-18(11-14-19)22(17-7-2-1-3-8-17)23-20-9-5-4-6-16(20)12-15-21(23)25/h1-15H/b23-22+. The number of halogens is 1. The van der Waals surface area contributed by atoms with Crippen LogP contribution >= 0.6 is 11.6 Å². The van der Waals surface area contributed by atoms with E-state index in [1.54, 1.807) is 6.08 Å². The molecule has 0 unspecified atom stereocenters. The molecular weight excluding hydrogens is 328 g/mol. The Hall–Kier alpha value is -2.90. The number of allylic oxidation sites excluding steroid dienone is 2. The van der Waals surface area contributed by atoms with Crippen molar-refractivity contribution in [2.75, 3.05) is 0 Å². The van der Waals surface area contributed by atoms with Gasteiger partial charge in [-0.15, -0.1) is 0 Å². The van der Waals surface area contributed by atoms with E-state index in [9.17, 15) is 4.79 Å². The summed E-state index contributed by atoms with van der Waals surface area (Å²) in [6.45, 7) is 0. The van der Waals surface area contributed by atoms with E-state index >= 15 is 0 Å². The first kappa shape index (κ1) is 15.6. The van der Waals surface area contributed by atoms with Crippen molar-refractivity contribution >= 4 is 34.6 Å². The molecule has 0 saturated carbocycles. The smallest absolute Gasteiger partial charge is 0.187 e. The number of carbonyl (C=O) groups excluding carboxylic acids is 1. The molecule has 1 aliphatic carbocycles. The lowest BCUT2D eigenvalue weighted by Crippen LogP contribution is -2.08. The second-order valence-corrected chi connectivity index (χ2v) is 6.34. The average molecular weight is 343 g/mol. The molecule has 120 valence electrons. The molecule has 3 aromatic rings. The fourth-order valence-electron chi connectivity index (χ4n) is 3.19. The van der Waals surface area contributed by atoms with Crippen LogP contribution in [0.2, 0.25) is 5.02 Å². The lowest BCUT2D eigenvalue weighted by molar-refractivity contribution is -0.109. The van der Waals surface area contributed by atoms with Crippen LogP contribution in [0.3, 0.4) is 0 Å². The SMILES string of the molecule is O=C1C=Cc2ccccc2/C1=C(/c1ccccc1)c1ccc(Cl)cc1. The van der Waals surface area contributed by atoms with Crippen LogP contribution in [0, 0.1) is 0 Å². The predicted molar refractivity (Wildman–Crippen MR) is 104 cm³/mol. The van der Waals surface area contributed by atoms with Gasteiger partial charge in [0.05, 0.1) is 0 Å². The van der Waals surface area contributed by atoms with E-state index < -0.39 is 0 Å². The van der Waals surface area contributed by atoms with Crippen molar-refractivity contribution in [3.63, 3.8) is 0 Å². The van der Waals surface area contributed by atoms with Gasteiger partial charge in [0.25, 0.3) is 0 Å². The molecule has 0 saturated heterocycles. The molecule has 0 bridgehead atoms. The third-order valence-corrected chi connectivity index (χ3v) is 4.59. The lowest BCUT2D eigenvalue weighted by Gasteiger charge is -2.19. The molecule has 0 heterocycles. The fraction of sp³-hybridized carbons (Fsp3) is 0. The minimum atomic E-state index is 0.0208. The van der Waals surface area contributed by atoms with Crippen molar-refractivity contribution < 1.29 is 4.79 Å². The van der Waals surface area contributed by atoms with Gasteiger partial charge in [0.1, 0.15) is 0 Å². The van der Waals surface area contributed by atoms with Crippen LogP contribution in [-0.2, 0) is 4.79 Å². The first-order valence-electron chi connectivity index (χ1n) is 8.11. The summed E-state index contributed by atoms with van der Waals surface area (Å²) in [6, 6.07) is 25.6. The predicted octanol–water partition coefficient (Wildman–Crippen LogP) is 5.90. The summed E-state index contributed by atoms with van der Waals surface area (Å²) in [5.41, 5.74) is 5.66. The highest BCUT2D eigenvalue weighted by atomic mass is 35.5. The van der Waals surface area contributed by atoms with E-state index in [1.807, 2.05) is 84.9 Å². The normalized spacial score (nSPS) is 15.0. The molecule has 0 aromatic heterocycles. The Morgan fingerprint density at radius 2 is 1.32 bits per heavy atom. The van der Waals surface area contributed by atoms with Crippen molar-refractivity contribution in [1.82, 2.24) is 0 Å². The third-order valence-electron chi connectivity index (χ3n) is 4.34. The number of ketones is 1. The molecule has 4 rings (SSSR count). The van der Waals surface area contributed by atoms with E-state index in [-0.39, 0.29) is 5.78 Å². The number of carbonyl (C=O) groups is 1. The van der Waals surface area contributed by atoms with E-state index in [1.165, 1.54) is 0 Å². The summed E-state index contributed by atoms with van der Waals surface area (Å²) < 4.78 is 0. The second-order valence-electron chi connectivity index (χ2n) is 5.91. The van der Waals surface area contributed by atoms with Crippen molar-refractivity contribution in [1.29, 1.82) is 0 Å². The second kappa shape index (κ2) is 6.54. The Morgan fingerprint density at radius 3 is 2.08 bits per heavy atom. The largest absolute Gasteiger partial charge is 0.289 e. The van der Waals surface area contributed by atoms with Crippen molar-refractivity contribution in [3.05, 3.63) is 112 Å². The summed E-state index contributed by atoms with van der Waals surface area (Å²) >= 11 is 6.06. The van der Waals surface area contributed by atoms with Crippen molar-refractivity contribution in [3.8, 4) is 0 Å². The van der Waals surface area contributed by atoms with Crippen LogP contribution < -0.4 is 0 Å². The quantitative estimate of drug-likeness (QED) is 0.530. The van der Waals surface area contributed by atoms with Gasteiger partial charge in [-0.25, -0.2) is 0 Å². The van der Waals surface area contributed by atoms with Gasteiger partial charge in [-0.3, -0.25) is 4.79 Å². The van der Waals surface area contributed by atoms with Gasteiger partial charge in [-0.1, -0.05) is 84.4 Å². The van der Waals surface area contributed by atoms with Crippen LogP contribution in [-0.4, -0.2) is 5.78 Å². The van der Waals surface area contributed by atoms with Gasteiger partial charge in [0.2, 0.25) is 0 Å². The molecule has 0 spiro atoms. The maximum atomic E-state index is 12.8. The fourth-order valence-corrected chi connectivity index (χ4v) is 3.31. The monoisotopic (exact) mass is 342 g/mol. The molecule has 25 heavy (non-hydrogen) atoms. The molecule has 0 atom stereocenters. The zero-order valence-corrected chi connectivity index (χ0v) is 14.2. The minimum absolute atomic E-state index is 0.0208. The highest BCUT2D eigenvalue weighted by Crippen LogP contribution is 2.37. The minimum Gasteiger partial charge on any atom is -0.289 e. The molecule has 1 nitrogen and oxygen atoms in total. The van der Waals surface area contributed by atoms with Crippen LogP contribution in [0.1, 0.15) is 22.3 Å². The Labute approximate surface area is 151 Å². The number of fused-ring (bicyclic) bond motifs is 1. The van der Waals surface area contributed by atoms with Gasteiger partial charge in [-0.05, 0) is 40.5 Å². The summed E-state index contributed by atoms with van der Waals surface area (Å²) in [5.74, 6) is 0.0208. The highest BCUT2D eigenvalue weighted by molar-refractivity contribution is 6.36. The van der Waals surface area contributed by atoms with Gasteiger partial charge in [-0.2, -0.15) is 0 Å². The Kier molecular flexibility index (Phi) is 4.09. The Balaban J connectivity index is 2.06. The lowest BCUT2D eigenvalue weighted by atomic mass is 9.83. The molecule has 0 amide bonds. The summed E-state index contributed by atoms with van der Waals surface area (Å²) in [4.78, 5) is 12.8. The average Bonchev–Trinajstić information content (AvgIpc) is 2.66. The molecule has 0 fully saturated rings. The maximum Gasteiger partial charge on any atom is 0.187 e. The molecule has 0 aliphatic heterocycles. The van der Waals surface area contributed by atoms with E-state index in [0.717, 1.165) is 33.4 Å². The molecule has 0 radical (unpaired) electrons. The van der Waals surface area contributed by atoms with Gasteiger partial charge in [0.15, 0.2) is 5.78 Å². The summed E-state index contributed by atoms with van der Waals surface area (Å²) in [6.07, 6.45) is 3.53. The van der Waals surface area contributed by atoms with Crippen LogP contribution in [0.5, 0.6) is 0 Å². The first-order valence-corrected chi connectivity index (χ1v) is 8.49. The molecule has 3 aromatic carbocycles. The Bertz CT molecular complexity index is 996. The van der Waals surface area contributed by atoms with Crippen molar-refractivity contribution in [2.24, 2.45) is 0 Å². The first-order chi connectivity index (χ1) is 12.2. The zero-order chi connectivity index (χ0) is 17.2. The summed E-state index contributed by atoms with van der Waals surface area (Å²) in [7, 11) is 0. The molecule has 1 aliphatic rings. The third kappa shape index (κ3) is 2.95. The van der Waals surface area contributed by atoms with Crippen LogP contribution in [0.25, 0.3) is 17.2 Å². The number of hydrogen-bond acceptors (Lipinski definition) is 1. The Morgan fingerprint density at radius 1 is 0.680 bits per heavy atom. The van der Waals surface area contributed by atoms with E-state index in [0.29, 0.717) is 5.02 Å². The number of rotatable bonds is 2. The molecular formula is C23H15ClO. The van der Waals surface area contributed by atoms with Crippen molar-refractivity contribution in [2.45, 2.75) is 0 Å².